The molecule has 0 radical (unpaired) electrons. The zero-order valence-corrected chi connectivity index (χ0v) is 18.8. The highest BCUT2D eigenvalue weighted by atomic mass is 16.5. The summed E-state index contributed by atoms with van der Waals surface area (Å²) in [5.41, 5.74) is 5.17. The molecule has 10 heteroatoms. The Balaban J connectivity index is 1.48. The van der Waals surface area contributed by atoms with Gasteiger partial charge in [-0.05, 0) is 17.7 Å². The number of anilines is 2. The number of methoxy groups -OCH3 is 2. The SMILES string of the molecule is COCC(COC)n1cc(Nc2nc(-c3cccc(-c4cccnc4)c3)nc3cn[nH]c23)cn1. The van der Waals surface area contributed by atoms with Crippen molar-refractivity contribution in [1.82, 2.24) is 34.9 Å². The first-order valence-electron chi connectivity index (χ1n) is 10.8. The van der Waals surface area contributed by atoms with E-state index >= 15 is 0 Å². The molecule has 0 atom stereocenters. The van der Waals surface area contributed by atoms with Gasteiger partial charge in [0.2, 0.25) is 0 Å². The number of hydrogen-bond donors (Lipinski definition) is 2. The number of nitrogens with zero attached hydrogens (tertiary/aromatic N) is 6. The van der Waals surface area contributed by atoms with Gasteiger partial charge in [0.15, 0.2) is 11.6 Å². The smallest absolute Gasteiger partial charge is 0.162 e. The van der Waals surface area contributed by atoms with E-state index in [0.717, 1.165) is 22.4 Å². The van der Waals surface area contributed by atoms with Crippen LogP contribution in [0.4, 0.5) is 11.5 Å². The molecule has 0 bridgehead atoms. The quantitative estimate of drug-likeness (QED) is 0.344. The molecular weight excluding hydrogens is 432 g/mol. The van der Waals surface area contributed by atoms with Crippen molar-refractivity contribution in [3.05, 3.63) is 67.4 Å². The number of pyridine rings is 1. The molecule has 0 aliphatic carbocycles. The van der Waals surface area contributed by atoms with Crippen molar-refractivity contribution in [2.45, 2.75) is 6.04 Å². The van der Waals surface area contributed by atoms with E-state index in [4.69, 9.17) is 19.4 Å². The largest absolute Gasteiger partial charge is 0.382 e. The van der Waals surface area contributed by atoms with E-state index in [9.17, 15) is 0 Å². The fourth-order valence-electron chi connectivity index (χ4n) is 3.76. The molecule has 0 fully saturated rings. The average Bonchev–Trinajstić information content (AvgIpc) is 3.54. The zero-order chi connectivity index (χ0) is 23.3. The van der Waals surface area contributed by atoms with E-state index < -0.39 is 0 Å². The van der Waals surface area contributed by atoms with Crippen LogP contribution in [0.3, 0.4) is 0 Å². The van der Waals surface area contributed by atoms with Gasteiger partial charge in [-0.25, -0.2) is 9.97 Å². The Morgan fingerprint density at radius 3 is 2.59 bits per heavy atom. The average molecular weight is 457 g/mol. The standard InChI is InChI=1S/C24H24N8O2/c1-33-14-20(15-34-2)32-13-19(11-27-32)28-24-22-21(12-26-31-22)29-23(30-24)17-6-3-5-16(9-17)18-7-4-8-25-10-18/h3-13,20H,14-15H2,1-2H3,(H,26,31)(H,28,29,30). The number of H-pyrrole nitrogens is 1. The number of aromatic nitrogens is 7. The number of fused-ring (bicyclic) bond motifs is 1. The Bertz CT molecular complexity index is 1380. The van der Waals surface area contributed by atoms with Crippen molar-refractivity contribution in [1.29, 1.82) is 0 Å². The number of nitrogens with one attached hydrogen (secondary N) is 2. The lowest BCUT2D eigenvalue weighted by Gasteiger charge is -2.15. The van der Waals surface area contributed by atoms with E-state index in [1.165, 1.54) is 0 Å². The highest BCUT2D eigenvalue weighted by Crippen LogP contribution is 2.28. The molecule has 4 heterocycles. The third-order valence-electron chi connectivity index (χ3n) is 5.37. The first kappa shape index (κ1) is 21.7. The van der Waals surface area contributed by atoms with Crippen LogP contribution in [-0.4, -0.2) is 62.4 Å². The van der Waals surface area contributed by atoms with Crippen molar-refractivity contribution in [2.24, 2.45) is 0 Å². The van der Waals surface area contributed by atoms with E-state index in [-0.39, 0.29) is 6.04 Å². The maximum Gasteiger partial charge on any atom is 0.162 e. The highest BCUT2D eigenvalue weighted by Gasteiger charge is 2.15. The van der Waals surface area contributed by atoms with Crippen LogP contribution in [-0.2, 0) is 9.47 Å². The maximum atomic E-state index is 5.29. The number of benzene rings is 1. The predicted molar refractivity (Wildman–Crippen MR) is 129 cm³/mol. The molecule has 0 saturated heterocycles. The van der Waals surface area contributed by atoms with Crippen molar-refractivity contribution >= 4 is 22.5 Å². The van der Waals surface area contributed by atoms with Gasteiger partial charge in [0.05, 0.1) is 37.3 Å². The molecule has 0 aliphatic rings. The molecule has 0 unspecified atom stereocenters. The fraction of sp³-hybridized carbons (Fsp3) is 0.208. The number of hydrogen-bond acceptors (Lipinski definition) is 8. The van der Waals surface area contributed by atoms with E-state index in [1.54, 1.807) is 32.8 Å². The molecule has 0 spiro atoms. The van der Waals surface area contributed by atoms with Gasteiger partial charge in [-0.1, -0.05) is 24.3 Å². The van der Waals surface area contributed by atoms with Gasteiger partial charge < -0.3 is 14.8 Å². The third-order valence-corrected chi connectivity index (χ3v) is 5.37. The summed E-state index contributed by atoms with van der Waals surface area (Å²) in [5.74, 6) is 1.20. The molecule has 5 rings (SSSR count). The van der Waals surface area contributed by atoms with Crippen LogP contribution in [0, 0.1) is 0 Å². The summed E-state index contributed by atoms with van der Waals surface area (Å²) >= 11 is 0. The van der Waals surface area contributed by atoms with Gasteiger partial charge in [-0.15, -0.1) is 0 Å². The molecule has 5 aromatic rings. The van der Waals surface area contributed by atoms with E-state index in [0.29, 0.717) is 35.9 Å². The van der Waals surface area contributed by atoms with Crippen molar-refractivity contribution in [3.8, 4) is 22.5 Å². The Morgan fingerprint density at radius 2 is 1.79 bits per heavy atom. The third kappa shape index (κ3) is 4.49. The van der Waals surface area contributed by atoms with Crippen LogP contribution in [0.5, 0.6) is 0 Å². The van der Waals surface area contributed by atoms with Crippen LogP contribution in [0.2, 0.25) is 0 Å². The topological polar surface area (TPSA) is 116 Å². The Hall–Kier alpha value is -4.15. The van der Waals surface area contributed by atoms with Gasteiger partial charge >= 0.3 is 0 Å². The van der Waals surface area contributed by atoms with Crippen LogP contribution in [0.25, 0.3) is 33.5 Å². The maximum absolute atomic E-state index is 5.29. The summed E-state index contributed by atoms with van der Waals surface area (Å²) < 4.78 is 12.4. The molecular formula is C24H24N8O2. The number of aromatic amines is 1. The minimum Gasteiger partial charge on any atom is -0.382 e. The van der Waals surface area contributed by atoms with Crippen LogP contribution in [0.15, 0.2) is 67.4 Å². The molecule has 34 heavy (non-hydrogen) atoms. The summed E-state index contributed by atoms with van der Waals surface area (Å²) in [4.78, 5) is 13.7. The second kappa shape index (κ2) is 9.77. The molecule has 172 valence electrons. The lowest BCUT2D eigenvalue weighted by Crippen LogP contribution is -2.20. The number of rotatable bonds is 9. The molecule has 10 nitrogen and oxygen atoms in total. The molecule has 0 amide bonds. The van der Waals surface area contributed by atoms with Crippen molar-refractivity contribution in [2.75, 3.05) is 32.8 Å². The highest BCUT2D eigenvalue weighted by molar-refractivity contribution is 5.88. The molecule has 0 aliphatic heterocycles. The number of ether oxygens (including phenoxy) is 2. The summed E-state index contributed by atoms with van der Waals surface area (Å²) in [6.45, 7) is 0.982. The van der Waals surface area contributed by atoms with Crippen molar-refractivity contribution in [3.63, 3.8) is 0 Å². The van der Waals surface area contributed by atoms with Gasteiger partial charge in [0.25, 0.3) is 0 Å². The molecule has 2 N–H and O–H groups in total. The summed E-state index contributed by atoms with van der Waals surface area (Å²) in [6.07, 6.45) is 8.93. The summed E-state index contributed by atoms with van der Waals surface area (Å²) in [7, 11) is 3.32. The second-order valence-electron chi connectivity index (χ2n) is 7.75. The summed E-state index contributed by atoms with van der Waals surface area (Å²) in [6, 6.07) is 12.0. The first-order valence-corrected chi connectivity index (χ1v) is 10.8. The second-order valence-corrected chi connectivity index (χ2v) is 7.75. The van der Waals surface area contributed by atoms with Gasteiger partial charge in [-0.3, -0.25) is 14.8 Å². The van der Waals surface area contributed by atoms with Crippen LogP contribution >= 0.6 is 0 Å². The minimum atomic E-state index is -0.0334. The Morgan fingerprint density at radius 1 is 0.971 bits per heavy atom. The predicted octanol–water partition coefficient (Wildman–Crippen LogP) is 3.86. The van der Waals surface area contributed by atoms with Gasteiger partial charge in [0.1, 0.15) is 11.0 Å². The summed E-state index contributed by atoms with van der Waals surface area (Å²) in [5, 5.41) is 15.0. The molecule has 0 saturated carbocycles. The Kier molecular flexibility index (Phi) is 6.23. The molecule has 4 aromatic heterocycles. The van der Waals surface area contributed by atoms with Gasteiger partial charge in [-0.2, -0.15) is 10.2 Å². The normalized spacial score (nSPS) is 11.4. The minimum absolute atomic E-state index is 0.0334. The zero-order valence-electron chi connectivity index (χ0n) is 18.8. The lowest BCUT2D eigenvalue weighted by molar-refractivity contribution is 0.0839. The van der Waals surface area contributed by atoms with Crippen molar-refractivity contribution < 1.29 is 9.47 Å². The Labute approximate surface area is 196 Å². The van der Waals surface area contributed by atoms with E-state index in [1.807, 2.05) is 47.4 Å². The molecule has 1 aromatic carbocycles. The van der Waals surface area contributed by atoms with Gasteiger partial charge in [0, 0.05) is 43.9 Å². The monoisotopic (exact) mass is 456 g/mol. The first-order chi connectivity index (χ1) is 16.7. The lowest BCUT2D eigenvalue weighted by atomic mass is 10.0. The fourth-order valence-corrected chi connectivity index (χ4v) is 3.76. The van der Waals surface area contributed by atoms with Crippen LogP contribution in [0.1, 0.15) is 6.04 Å². The van der Waals surface area contributed by atoms with E-state index in [2.05, 4.69) is 31.7 Å². The van der Waals surface area contributed by atoms with Crippen LogP contribution < -0.4 is 5.32 Å².